The molecule has 17 heavy (non-hydrogen) atoms. The van der Waals surface area contributed by atoms with Gasteiger partial charge in [0.15, 0.2) is 11.5 Å². The van der Waals surface area contributed by atoms with E-state index in [4.69, 9.17) is 9.47 Å². The lowest BCUT2D eigenvalue weighted by atomic mass is 10.1. The Balaban J connectivity index is 2.64. The summed E-state index contributed by atoms with van der Waals surface area (Å²) in [6.07, 6.45) is 1.16. The van der Waals surface area contributed by atoms with Gasteiger partial charge in [0, 0.05) is 18.3 Å². The summed E-state index contributed by atoms with van der Waals surface area (Å²) in [6, 6.07) is 5.94. The number of methoxy groups -OCH3 is 1. The molecule has 3 nitrogen and oxygen atoms in total. The molecule has 0 saturated carbocycles. The van der Waals surface area contributed by atoms with Crippen molar-refractivity contribution in [3.63, 3.8) is 0 Å². The van der Waals surface area contributed by atoms with Crippen LogP contribution in [0.1, 0.15) is 27.2 Å². The van der Waals surface area contributed by atoms with Crippen molar-refractivity contribution in [3.05, 3.63) is 18.2 Å². The van der Waals surface area contributed by atoms with Crippen LogP contribution in [-0.4, -0.2) is 20.3 Å². The molecule has 96 valence electrons. The maximum absolute atomic E-state index is 5.53. The van der Waals surface area contributed by atoms with Crippen molar-refractivity contribution in [2.75, 3.05) is 25.6 Å². The lowest BCUT2D eigenvalue weighted by Crippen LogP contribution is -2.05. The molecule has 0 saturated heterocycles. The molecule has 0 spiro atoms. The van der Waals surface area contributed by atoms with Gasteiger partial charge in [-0.25, -0.2) is 0 Å². The van der Waals surface area contributed by atoms with Crippen molar-refractivity contribution in [1.29, 1.82) is 0 Å². The largest absolute Gasteiger partial charge is 0.493 e. The fraction of sp³-hybridized carbons (Fsp3) is 0.571. The summed E-state index contributed by atoms with van der Waals surface area (Å²) in [5.74, 6) is 2.29. The lowest BCUT2D eigenvalue weighted by Gasteiger charge is -2.13. The minimum atomic E-state index is 0.645. The maximum atomic E-state index is 5.53. The van der Waals surface area contributed by atoms with Crippen molar-refractivity contribution >= 4 is 5.69 Å². The van der Waals surface area contributed by atoms with Gasteiger partial charge in [-0.2, -0.15) is 0 Å². The molecule has 1 aromatic carbocycles. The first kappa shape index (κ1) is 13.7. The van der Waals surface area contributed by atoms with Gasteiger partial charge < -0.3 is 14.8 Å². The average molecular weight is 237 g/mol. The highest BCUT2D eigenvalue weighted by molar-refractivity contribution is 5.54. The smallest absolute Gasteiger partial charge is 0.163 e. The van der Waals surface area contributed by atoms with E-state index in [2.05, 4.69) is 19.2 Å². The summed E-state index contributed by atoms with van der Waals surface area (Å²) in [5.41, 5.74) is 1.08. The molecule has 1 aromatic rings. The van der Waals surface area contributed by atoms with E-state index in [1.165, 1.54) is 0 Å². The Labute approximate surface area is 104 Å². The second-order valence-corrected chi connectivity index (χ2v) is 4.41. The number of hydrogen-bond donors (Lipinski definition) is 1. The maximum Gasteiger partial charge on any atom is 0.163 e. The molecule has 0 heterocycles. The minimum Gasteiger partial charge on any atom is -0.493 e. The molecule has 0 fully saturated rings. The van der Waals surface area contributed by atoms with Crippen LogP contribution in [0.15, 0.2) is 18.2 Å². The van der Waals surface area contributed by atoms with Crippen molar-refractivity contribution in [2.24, 2.45) is 5.92 Å². The van der Waals surface area contributed by atoms with Gasteiger partial charge in [0.1, 0.15) is 0 Å². The molecule has 0 atom stereocenters. The highest BCUT2D eigenvalue weighted by Gasteiger charge is 2.05. The molecule has 0 unspecified atom stereocenters. The Bertz CT molecular complexity index is 337. The summed E-state index contributed by atoms with van der Waals surface area (Å²) in [5, 5.41) is 3.39. The van der Waals surface area contributed by atoms with Gasteiger partial charge in [0.2, 0.25) is 0 Å². The standard InChI is InChI=1S/C14H23NO2/c1-5-17-14-10-12(6-7-13(14)16-4)15-9-8-11(2)3/h6-7,10-11,15H,5,8-9H2,1-4H3. The first-order chi connectivity index (χ1) is 8.17. The number of ether oxygens (including phenoxy) is 2. The third-order valence-electron chi connectivity index (χ3n) is 2.51. The van der Waals surface area contributed by atoms with Crippen LogP contribution in [0.5, 0.6) is 11.5 Å². The molecule has 0 aliphatic carbocycles. The Hall–Kier alpha value is -1.38. The molecule has 0 aromatic heterocycles. The highest BCUT2D eigenvalue weighted by atomic mass is 16.5. The molecule has 0 bridgehead atoms. The number of benzene rings is 1. The summed E-state index contributed by atoms with van der Waals surface area (Å²) in [7, 11) is 1.66. The van der Waals surface area contributed by atoms with Gasteiger partial charge >= 0.3 is 0 Å². The monoisotopic (exact) mass is 237 g/mol. The highest BCUT2D eigenvalue weighted by Crippen LogP contribution is 2.30. The van der Waals surface area contributed by atoms with Crippen molar-refractivity contribution in [3.8, 4) is 11.5 Å². The van der Waals surface area contributed by atoms with Crippen LogP contribution in [0, 0.1) is 5.92 Å². The van der Waals surface area contributed by atoms with Crippen LogP contribution in [0.2, 0.25) is 0 Å². The third kappa shape index (κ3) is 4.55. The Morgan fingerprint density at radius 2 is 2.00 bits per heavy atom. The molecular formula is C14H23NO2. The van der Waals surface area contributed by atoms with E-state index in [1.54, 1.807) is 7.11 Å². The zero-order chi connectivity index (χ0) is 12.7. The van der Waals surface area contributed by atoms with E-state index in [-0.39, 0.29) is 0 Å². The molecular weight excluding hydrogens is 214 g/mol. The van der Waals surface area contributed by atoms with E-state index in [0.717, 1.165) is 30.2 Å². The lowest BCUT2D eigenvalue weighted by molar-refractivity contribution is 0.311. The van der Waals surface area contributed by atoms with Crippen LogP contribution in [0.4, 0.5) is 5.69 Å². The topological polar surface area (TPSA) is 30.5 Å². The number of anilines is 1. The number of hydrogen-bond acceptors (Lipinski definition) is 3. The first-order valence-electron chi connectivity index (χ1n) is 6.22. The normalized spacial score (nSPS) is 10.4. The van der Waals surface area contributed by atoms with E-state index in [0.29, 0.717) is 12.5 Å². The fourth-order valence-electron chi connectivity index (χ4n) is 1.56. The van der Waals surface area contributed by atoms with Gasteiger partial charge in [-0.3, -0.25) is 0 Å². The predicted molar refractivity (Wildman–Crippen MR) is 72.1 cm³/mol. The van der Waals surface area contributed by atoms with E-state index >= 15 is 0 Å². The zero-order valence-corrected chi connectivity index (χ0v) is 11.2. The SMILES string of the molecule is CCOc1cc(NCCC(C)C)ccc1OC. The molecule has 0 radical (unpaired) electrons. The summed E-state index contributed by atoms with van der Waals surface area (Å²) in [4.78, 5) is 0. The molecule has 3 heteroatoms. The Morgan fingerprint density at radius 3 is 2.59 bits per heavy atom. The van der Waals surface area contributed by atoms with Crippen LogP contribution in [0.25, 0.3) is 0 Å². The Morgan fingerprint density at radius 1 is 1.24 bits per heavy atom. The first-order valence-corrected chi connectivity index (χ1v) is 6.22. The van der Waals surface area contributed by atoms with Gasteiger partial charge in [0.05, 0.1) is 13.7 Å². The molecule has 1 N–H and O–H groups in total. The summed E-state index contributed by atoms with van der Waals surface area (Å²) in [6.45, 7) is 8.04. The molecule has 0 aliphatic rings. The van der Waals surface area contributed by atoms with E-state index < -0.39 is 0 Å². The van der Waals surface area contributed by atoms with Crippen molar-refractivity contribution in [1.82, 2.24) is 0 Å². The van der Waals surface area contributed by atoms with E-state index in [9.17, 15) is 0 Å². The molecule has 1 rings (SSSR count). The van der Waals surface area contributed by atoms with Crippen LogP contribution in [-0.2, 0) is 0 Å². The molecule has 0 aliphatic heterocycles. The quantitative estimate of drug-likeness (QED) is 0.786. The fourth-order valence-corrected chi connectivity index (χ4v) is 1.56. The van der Waals surface area contributed by atoms with Crippen molar-refractivity contribution < 1.29 is 9.47 Å². The van der Waals surface area contributed by atoms with Gasteiger partial charge in [0.25, 0.3) is 0 Å². The van der Waals surface area contributed by atoms with Crippen LogP contribution < -0.4 is 14.8 Å². The Kier molecular flexibility index (Phi) is 5.67. The van der Waals surface area contributed by atoms with Gasteiger partial charge in [-0.1, -0.05) is 13.8 Å². The second-order valence-electron chi connectivity index (χ2n) is 4.41. The summed E-state index contributed by atoms with van der Waals surface area (Å²) >= 11 is 0. The summed E-state index contributed by atoms with van der Waals surface area (Å²) < 4.78 is 10.8. The minimum absolute atomic E-state index is 0.645. The predicted octanol–water partition coefficient (Wildman–Crippen LogP) is 3.55. The molecule has 0 amide bonds. The van der Waals surface area contributed by atoms with Crippen molar-refractivity contribution in [2.45, 2.75) is 27.2 Å². The second kappa shape index (κ2) is 7.05. The average Bonchev–Trinajstić information content (AvgIpc) is 2.29. The zero-order valence-electron chi connectivity index (χ0n) is 11.2. The van der Waals surface area contributed by atoms with Gasteiger partial charge in [-0.05, 0) is 31.4 Å². The van der Waals surface area contributed by atoms with Crippen LogP contribution in [0.3, 0.4) is 0 Å². The van der Waals surface area contributed by atoms with Crippen LogP contribution >= 0.6 is 0 Å². The third-order valence-corrected chi connectivity index (χ3v) is 2.51. The number of rotatable bonds is 7. The van der Waals surface area contributed by atoms with Gasteiger partial charge in [-0.15, -0.1) is 0 Å². The number of nitrogens with one attached hydrogen (secondary N) is 1. The van der Waals surface area contributed by atoms with E-state index in [1.807, 2.05) is 25.1 Å².